The maximum Gasteiger partial charge on any atom is 0.147 e. The van der Waals surface area contributed by atoms with Crippen LogP contribution in [0.3, 0.4) is 0 Å². The van der Waals surface area contributed by atoms with Crippen LogP contribution >= 0.6 is 27.5 Å². The van der Waals surface area contributed by atoms with Crippen molar-refractivity contribution in [2.45, 2.75) is 25.3 Å². The second-order valence-electron chi connectivity index (χ2n) is 6.60. The fourth-order valence-corrected chi connectivity index (χ4v) is 5.65. The summed E-state index contributed by atoms with van der Waals surface area (Å²) in [6, 6.07) is 3.85. The summed E-state index contributed by atoms with van der Waals surface area (Å²) in [6.45, 7) is 0. The van der Waals surface area contributed by atoms with Crippen LogP contribution in [0.4, 0.5) is 4.39 Å². The largest absolute Gasteiger partial charge is 0.313 e. The summed E-state index contributed by atoms with van der Waals surface area (Å²) in [4.78, 5) is 0. The Morgan fingerprint density at radius 1 is 1.30 bits per heavy atom. The van der Waals surface area contributed by atoms with Gasteiger partial charge in [-0.05, 0) is 77.9 Å². The third-order valence-electron chi connectivity index (χ3n) is 5.89. The van der Waals surface area contributed by atoms with Gasteiger partial charge < -0.3 is 5.32 Å². The molecule has 3 fully saturated rings. The first-order valence-corrected chi connectivity index (χ1v) is 8.61. The van der Waals surface area contributed by atoms with Gasteiger partial charge in [-0.15, -0.1) is 0 Å². The molecule has 0 aromatic heterocycles. The van der Waals surface area contributed by atoms with E-state index in [0.717, 1.165) is 29.2 Å². The molecule has 0 amide bonds. The standard InChI is InChI=1S/C16H18BrClFN/c1-20-16(9-4-5-10(17)14(18)15(9)19)13-11-7-2-3-8(6-7)12(11)13/h4-5,7-8,11-13,16,20H,2-3,6H2,1H3. The van der Waals surface area contributed by atoms with Gasteiger partial charge in [-0.3, -0.25) is 0 Å². The normalized spacial score (nSPS) is 38.9. The third-order valence-corrected chi connectivity index (χ3v) is 7.15. The molecule has 0 heterocycles. The lowest BCUT2D eigenvalue weighted by Crippen LogP contribution is -2.23. The molecule has 1 aromatic rings. The van der Waals surface area contributed by atoms with Crippen molar-refractivity contribution in [2.24, 2.45) is 29.6 Å². The fraction of sp³-hybridized carbons (Fsp3) is 0.625. The van der Waals surface area contributed by atoms with Crippen LogP contribution in [-0.2, 0) is 0 Å². The maximum absolute atomic E-state index is 14.5. The SMILES string of the molecule is CNC(c1ccc(Br)c(Cl)c1F)C1C2C3CCC(C3)C21. The van der Waals surface area contributed by atoms with Crippen molar-refractivity contribution >= 4 is 27.5 Å². The number of benzene rings is 1. The van der Waals surface area contributed by atoms with Crippen LogP contribution in [0.25, 0.3) is 0 Å². The number of rotatable bonds is 3. The predicted molar refractivity (Wildman–Crippen MR) is 82.2 cm³/mol. The smallest absolute Gasteiger partial charge is 0.147 e. The second-order valence-corrected chi connectivity index (χ2v) is 7.83. The molecular weight excluding hydrogens is 341 g/mol. The summed E-state index contributed by atoms with van der Waals surface area (Å²) < 4.78 is 15.1. The van der Waals surface area contributed by atoms with Crippen LogP contribution < -0.4 is 5.32 Å². The number of fused-ring (bicyclic) bond motifs is 5. The minimum atomic E-state index is -0.266. The van der Waals surface area contributed by atoms with Gasteiger partial charge in [0.1, 0.15) is 5.82 Å². The first-order valence-electron chi connectivity index (χ1n) is 7.44. The van der Waals surface area contributed by atoms with Gasteiger partial charge in [0, 0.05) is 16.1 Å². The molecule has 1 N–H and O–H groups in total. The summed E-state index contributed by atoms with van der Waals surface area (Å²) in [6.07, 6.45) is 4.20. The molecule has 0 aliphatic heterocycles. The number of halogens is 3. The van der Waals surface area contributed by atoms with E-state index in [9.17, 15) is 4.39 Å². The van der Waals surface area contributed by atoms with E-state index >= 15 is 0 Å². The fourth-order valence-electron chi connectivity index (χ4n) is 5.17. The zero-order chi connectivity index (χ0) is 14.0. The third kappa shape index (κ3) is 1.75. The summed E-state index contributed by atoms with van der Waals surface area (Å²) >= 11 is 9.34. The van der Waals surface area contributed by atoms with Crippen molar-refractivity contribution in [3.63, 3.8) is 0 Å². The summed E-state index contributed by atoms with van der Waals surface area (Å²) in [7, 11) is 1.94. The molecule has 3 aliphatic carbocycles. The molecule has 20 heavy (non-hydrogen) atoms. The van der Waals surface area contributed by atoms with Crippen molar-refractivity contribution in [1.29, 1.82) is 0 Å². The number of nitrogens with one attached hydrogen (secondary N) is 1. The lowest BCUT2D eigenvalue weighted by Gasteiger charge is -2.21. The maximum atomic E-state index is 14.5. The van der Waals surface area contributed by atoms with Gasteiger partial charge in [0.15, 0.2) is 0 Å². The Morgan fingerprint density at radius 3 is 2.55 bits per heavy atom. The lowest BCUT2D eigenvalue weighted by molar-refractivity contribution is 0.377. The molecule has 4 rings (SSSR count). The summed E-state index contributed by atoms with van der Waals surface area (Å²) in [5, 5.41) is 3.56. The average Bonchev–Trinajstić information content (AvgIpc) is 2.86. The van der Waals surface area contributed by atoms with E-state index in [1.165, 1.54) is 19.3 Å². The first-order chi connectivity index (χ1) is 9.63. The van der Waals surface area contributed by atoms with E-state index in [4.69, 9.17) is 11.6 Å². The van der Waals surface area contributed by atoms with Crippen molar-refractivity contribution in [1.82, 2.24) is 5.32 Å². The van der Waals surface area contributed by atoms with Gasteiger partial charge in [-0.25, -0.2) is 4.39 Å². The van der Waals surface area contributed by atoms with Gasteiger partial charge in [0.05, 0.1) is 5.02 Å². The molecule has 5 atom stereocenters. The Labute approximate surface area is 132 Å². The molecule has 4 heteroatoms. The van der Waals surface area contributed by atoms with Crippen molar-refractivity contribution in [3.8, 4) is 0 Å². The quantitative estimate of drug-likeness (QED) is 0.766. The summed E-state index contributed by atoms with van der Waals surface area (Å²) in [5.74, 6) is 3.80. The van der Waals surface area contributed by atoms with Crippen LogP contribution in [0.15, 0.2) is 16.6 Å². The van der Waals surface area contributed by atoms with Gasteiger partial charge in [0.2, 0.25) is 0 Å². The van der Waals surface area contributed by atoms with E-state index in [-0.39, 0.29) is 16.9 Å². The molecule has 108 valence electrons. The van der Waals surface area contributed by atoms with E-state index < -0.39 is 0 Å². The minimum Gasteiger partial charge on any atom is -0.313 e. The van der Waals surface area contributed by atoms with Gasteiger partial charge in [-0.1, -0.05) is 17.7 Å². The van der Waals surface area contributed by atoms with Crippen molar-refractivity contribution in [3.05, 3.63) is 33.0 Å². The Balaban J connectivity index is 1.66. The predicted octanol–water partition coefficient (Wildman–Crippen LogP) is 4.79. The Bertz CT molecular complexity index is 548. The van der Waals surface area contributed by atoms with Crippen LogP contribution in [0.2, 0.25) is 5.02 Å². The molecule has 3 saturated carbocycles. The highest BCUT2D eigenvalue weighted by atomic mass is 79.9. The monoisotopic (exact) mass is 357 g/mol. The highest BCUT2D eigenvalue weighted by Crippen LogP contribution is 2.72. The number of hydrogen-bond acceptors (Lipinski definition) is 1. The van der Waals surface area contributed by atoms with Crippen LogP contribution in [0, 0.1) is 35.4 Å². The zero-order valence-corrected chi connectivity index (χ0v) is 13.7. The Morgan fingerprint density at radius 2 is 1.95 bits per heavy atom. The highest BCUT2D eigenvalue weighted by molar-refractivity contribution is 9.10. The van der Waals surface area contributed by atoms with E-state index in [0.29, 0.717) is 10.4 Å². The van der Waals surface area contributed by atoms with Crippen molar-refractivity contribution in [2.75, 3.05) is 7.05 Å². The number of hydrogen-bond donors (Lipinski definition) is 1. The molecule has 0 saturated heterocycles. The van der Waals surface area contributed by atoms with Crippen LogP contribution in [0.5, 0.6) is 0 Å². The molecule has 0 radical (unpaired) electrons. The molecule has 5 unspecified atom stereocenters. The van der Waals surface area contributed by atoms with Crippen LogP contribution in [0.1, 0.15) is 30.9 Å². The van der Waals surface area contributed by atoms with Gasteiger partial charge >= 0.3 is 0 Å². The molecule has 2 bridgehead atoms. The highest BCUT2D eigenvalue weighted by Gasteiger charge is 2.66. The van der Waals surface area contributed by atoms with Gasteiger partial charge in [0.25, 0.3) is 0 Å². The molecule has 0 spiro atoms. The molecule has 1 nitrogen and oxygen atoms in total. The molecule has 3 aliphatic rings. The van der Waals surface area contributed by atoms with Gasteiger partial charge in [-0.2, -0.15) is 0 Å². The topological polar surface area (TPSA) is 12.0 Å². The van der Waals surface area contributed by atoms with E-state index in [2.05, 4.69) is 21.2 Å². The van der Waals surface area contributed by atoms with Crippen LogP contribution in [-0.4, -0.2) is 7.05 Å². The van der Waals surface area contributed by atoms with E-state index in [1.807, 2.05) is 19.2 Å². The average molecular weight is 359 g/mol. The minimum absolute atomic E-state index is 0.110. The second kappa shape index (κ2) is 4.69. The zero-order valence-electron chi connectivity index (χ0n) is 11.4. The lowest BCUT2D eigenvalue weighted by atomic mass is 9.93. The molecular formula is C16H18BrClFN. The van der Waals surface area contributed by atoms with Crippen molar-refractivity contribution < 1.29 is 4.39 Å². The summed E-state index contributed by atoms with van der Waals surface area (Å²) in [5.41, 5.74) is 0.736. The molecule has 1 aromatic carbocycles. The Hall–Kier alpha value is -0.120. The Kier molecular flexibility index (Phi) is 3.17. The van der Waals surface area contributed by atoms with E-state index in [1.54, 1.807) is 0 Å². The first kappa shape index (κ1) is 13.5.